The Morgan fingerprint density at radius 2 is 2.25 bits per heavy atom. The largest absolute Gasteiger partial charge is 0.495 e. The summed E-state index contributed by atoms with van der Waals surface area (Å²) in [6.45, 7) is 1.28. The van der Waals surface area contributed by atoms with Crippen LogP contribution in [0.1, 0.15) is 24.6 Å². The number of methoxy groups -OCH3 is 1. The first-order valence-corrected chi connectivity index (χ1v) is 8.45. The van der Waals surface area contributed by atoms with E-state index in [-0.39, 0.29) is 11.9 Å². The normalized spacial score (nSPS) is 17.9. The molecule has 1 aliphatic rings. The van der Waals surface area contributed by atoms with Gasteiger partial charge in [0.15, 0.2) is 0 Å². The van der Waals surface area contributed by atoms with Gasteiger partial charge in [0, 0.05) is 24.0 Å². The Morgan fingerprint density at radius 3 is 2.96 bits per heavy atom. The van der Waals surface area contributed by atoms with Crippen molar-refractivity contribution in [3.63, 3.8) is 0 Å². The van der Waals surface area contributed by atoms with Crippen molar-refractivity contribution < 1.29 is 9.53 Å². The molecule has 1 saturated heterocycles. The van der Waals surface area contributed by atoms with Gasteiger partial charge < -0.3 is 14.6 Å². The number of anilines is 1. The van der Waals surface area contributed by atoms with Crippen LogP contribution in [-0.2, 0) is 11.8 Å². The number of benzene rings is 1. The Kier molecular flexibility index (Phi) is 5.11. The van der Waals surface area contributed by atoms with E-state index in [0.717, 1.165) is 19.4 Å². The molecule has 0 radical (unpaired) electrons. The SMILES string of the molecule is COc1ccc(Cl)cc1NC(=O)CN1CCC[C@@H]1c1cccn1C. The average molecular weight is 348 g/mol. The van der Waals surface area contributed by atoms with Gasteiger partial charge in [0.1, 0.15) is 5.75 Å². The molecular weight excluding hydrogens is 326 g/mol. The molecule has 5 nitrogen and oxygen atoms in total. The number of likely N-dealkylation sites (tertiary alicyclic amines) is 1. The molecule has 1 aromatic carbocycles. The van der Waals surface area contributed by atoms with Crippen LogP contribution in [0.4, 0.5) is 5.69 Å². The number of carbonyl (C=O) groups is 1. The number of nitrogens with one attached hydrogen (secondary N) is 1. The molecule has 1 atom stereocenters. The zero-order valence-electron chi connectivity index (χ0n) is 14.0. The lowest BCUT2D eigenvalue weighted by molar-refractivity contribution is -0.117. The van der Waals surface area contributed by atoms with Gasteiger partial charge in [0.2, 0.25) is 5.91 Å². The lowest BCUT2D eigenvalue weighted by Crippen LogP contribution is -2.33. The predicted molar refractivity (Wildman–Crippen MR) is 95.6 cm³/mol. The second-order valence-electron chi connectivity index (χ2n) is 6.07. The highest BCUT2D eigenvalue weighted by Crippen LogP contribution is 2.32. The molecule has 0 aliphatic carbocycles. The minimum atomic E-state index is -0.0586. The van der Waals surface area contributed by atoms with Crippen molar-refractivity contribution in [2.24, 2.45) is 7.05 Å². The van der Waals surface area contributed by atoms with E-state index in [1.54, 1.807) is 25.3 Å². The fraction of sp³-hybridized carbons (Fsp3) is 0.389. The van der Waals surface area contributed by atoms with Gasteiger partial charge in [-0.25, -0.2) is 0 Å². The lowest BCUT2D eigenvalue weighted by Gasteiger charge is -2.24. The van der Waals surface area contributed by atoms with Crippen LogP contribution in [-0.4, -0.2) is 35.6 Å². The first-order chi connectivity index (χ1) is 11.6. The van der Waals surface area contributed by atoms with E-state index in [1.165, 1.54) is 5.69 Å². The van der Waals surface area contributed by atoms with Crippen molar-refractivity contribution in [3.8, 4) is 5.75 Å². The molecule has 0 unspecified atom stereocenters. The van der Waals surface area contributed by atoms with Crippen LogP contribution in [0.2, 0.25) is 5.02 Å². The van der Waals surface area contributed by atoms with E-state index < -0.39 is 0 Å². The Bertz CT molecular complexity index is 729. The summed E-state index contributed by atoms with van der Waals surface area (Å²) in [6, 6.07) is 9.65. The summed E-state index contributed by atoms with van der Waals surface area (Å²) in [5, 5.41) is 3.48. The summed E-state index contributed by atoms with van der Waals surface area (Å²) in [5.41, 5.74) is 1.85. The zero-order valence-corrected chi connectivity index (χ0v) is 14.7. The van der Waals surface area contributed by atoms with Gasteiger partial charge in [-0.3, -0.25) is 9.69 Å². The van der Waals surface area contributed by atoms with Gasteiger partial charge in [-0.2, -0.15) is 0 Å². The fourth-order valence-corrected chi connectivity index (χ4v) is 3.50. The van der Waals surface area contributed by atoms with Crippen LogP contribution >= 0.6 is 11.6 Å². The Balaban J connectivity index is 1.69. The molecular formula is C18H22ClN3O2. The molecule has 128 valence electrons. The van der Waals surface area contributed by atoms with Gasteiger partial charge in [-0.15, -0.1) is 0 Å². The summed E-state index contributed by atoms with van der Waals surface area (Å²) in [7, 11) is 3.62. The minimum absolute atomic E-state index is 0.0586. The molecule has 3 rings (SSSR count). The van der Waals surface area contributed by atoms with Crippen LogP contribution in [0, 0.1) is 0 Å². The Morgan fingerprint density at radius 1 is 1.42 bits per heavy atom. The number of ether oxygens (including phenoxy) is 1. The Labute approximate surface area is 147 Å². The molecule has 1 aliphatic heterocycles. The minimum Gasteiger partial charge on any atom is -0.495 e. The van der Waals surface area contributed by atoms with Crippen LogP contribution in [0.25, 0.3) is 0 Å². The fourth-order valence-electron chi connectivity index (χ4n) is 3.32. The van der Waals surface area contributed by atoms with Crippen molar-refractivity contribution in [2.75, 3.05) is 25.5 Å². The number of amides is 1. The van der Waals surface area contributed by atoms with Crippen LogP contribution in [0.15, 0.2) is 36.5 Å². The number of hydrogen-bond acceptors (Lipinski definition) is 3. The lowest BCUT2D eigenvalue weighted by atomic mass is 10.1. The van der Waals surface area contributed by atoms with Gasteiger partial charge in [0.25, 0.3) is 0 Å². The second kappa shape index (κ2) is 7.28. The molecule has 1 N–H and O–H groups in total. The van der Waals surface area contributed by atoms with Crippen LogP contribution < -0.4 is 10.1 Å². The van der Waals surface area contributed by atoms with Crippen LogP contribution in [0.5, 0.6) is 5.75 Å². The highest BCUT2D eigenvalue weighted by atomic mass is 35.5. The van der Waals surface area contributed by atoms with Crippen LogP contribution in [0.3, 0.4) is 0 Å². The average Bonchev–Trinajstić information content (AvgIpc) is 3.16. The number of rotatable bonds is 5. The molecule has 0 bridgehead atoms. The van der Waals surface area contributed by atoms with Crippen molar-refractivity contribution in [3.05, 3.63) is 47.2 Å². The predicted octanol–water partition coefficient (Wildman–Crippen LogP) is 3.46. The topological polar surface area (TPSA) is 46.5 Å². The number of nitrogens with zero attached hydrogens (tertiary/aromatic N) is 2. The Hall–Kier alpha value is -1.98. The van der Waals surface area contributed by atoms with Crippen molar-refractivity contribution in [1.29, 1.82) is 0 Å². The first kappa shape index (κ1) is 16.9. The van der Waals surface area contributed by atoms with Crippen molar-refractivity contribution in [2.45, 2.75) is 18.9 Å². The molecule has 2 heterocycles. The van der Waals surface area contributed by atoms with Gasteiger partial charge in [-0.05, 0) is 49.7 Å². The van der Waals surface area contributed by atoms with Gasteiger partial charge >= 0.3 is 0 Å². The van der Waals surface area contributed by atoms with Crippen molar-refractivity contribution >= 4 is 23.2 Å². The summed E-state index contributed by atoms with van der Waals surface area (Å²) in [6.07, 6.45) is 4.22. The standard InChI is InChI=1S/C18H22ClN3O2/c1-21-9-3-5-15(21)16-6-4-10-22(16)12-18(23)20-14-11-13(19)7-8-17(14)24-2/h3,5,7-9,11,16H,4,6,10,12H2,1-2H3,(H,20,23)/t16-/m1/s1. The molecule has 1 aromatic heterocycles. The third kappa shape index (κ3) is 3.57. The quantitative estimate of drug-likeness (QED) is 0.901. The van der Waals surface area contributed by atoms with Gasteiger partial charge in [0.05, 0.1) is 25.4 Å². The van der Waals surface area contributed by atoms with E-state index in [2.05, 4.69) is 20.9 Å². The van der Waals surface area contributed by atoms with Crippen molar-refractivity contribution in [1.82, 2.24) is 9.47 Å². The molecule has 0 saturated carbocycles. The number of halogens is 1. The summed E-state index contributed by atoms with van der Waals surface area (Å²) in [5.74, 6) is 0.546. The zero-order chi connectivity index (χ0) is 17.1. The molecule has 6 heteroatoms. The van der Waals surface area contributed by atoms with E-state index in [0.29, 0.717) is 23.0 Å². The third-order valence-corrected chi connectivity index (χ3v) is 4.71. The smallest absolute Gasteiger partial charge is 0.238 e. The molecule has 24 heavy (non-hydrogen) atoms. The number of aromatic nitrogens is 1. The number of carbonyl (C=O) groups excluding carboxylic acids is 1. The first-order valence-electron chi connectivity index (χ1n) is 8.07. The highest BCUT2D eigenvalue weighted by molar-refractivity contribution is 6.31. The maximum Gasteiger partial charge on any atom is 0.238 e. The highest BCUT2D eigenvalue weighted by Gasteiger charge is 2.29. The molecule has 1 fully saturated rings. The van der Waals surface area contributed by atoms with E-state index in [4.69, 9.17) is 16.3 Å². The molecule has 1 amide bonds. The molecule has 0 spiro atoms. The summed E-state index contributed by atoms with van der Waals surface area (Å²) >= 11 is 6.02. The summed E-state index contributed by atoms with van der Waals surface area (Å²) < 4.78 is 7.40. The molecule has 2 aromatic rings. The maximum atomic E-state index is 12.5. The monoisotopic (exact) mass is 347 g/mol. The van der Waals surface area contributed by atoms with E-state index in [1.807, 2.05) is 19.3 Å². The number of aryl methyl sites for hydroxylation is 1. The summed E-state index contributed by atoms with van der Waals surface area (Å²) in [4.78, 5) is 14.7. The van der Waals surface area contributed by atoms with E-state index in [9.17, 15) is 4.79 Å². The maximum absolute atomic E-state index is 12.5. The number of hydrogen-bond donors (Lipinski definition) is 1. The van der Waals surface area contributed by atoms with E-state index >= 15 is 0 Å². The third-order valence-electron chi connectivity index (χ3n) is 4.47. The second-order valence-corrected chi connectivity index (χ2v) is 6.50. The van der Waals surface area contributed by atoms with Gasteiger partial charge in [-0.1, -0.05) is 11.6 Å².